The third-order valence-electron chi connectivity index (χ3n) is 2.72. The topological polar surface area (TPSA) is 55.1 Å². The van der Waals surface area contributed by atoms with Crippen molar-refractivity contribution in [3.63, 3.8) is 0 Å². The zero-order valence-corrected chi connectivity index (χ0v) is 12.0. The van der Waals surface area contributed by atoms with Crippen LogP contribution >= 0.6 is 15.9 Å². The SMILES string of the molecule is Nc1cccc(CCC(=O)Nc2ccc(Br)cc2)c1. The summed E-state index contributed by atoms with van der Waals surface area (Å²) in [4.78, 5) is 11.8. The maximum absolute atomic E-state index is 11.8. The van der Waals surface area contributed by atoms with E-state index in [1.165, 1.54) is 0 Å². The van der Waals surface area contributed by atoms with Crippen LogP contribution in [0.3, 0.4) is 0 Å². The van der Waals surface area contributed by atoms with Gasteiger partial charge in [-0.3, -0.25) is 4.79 Å². The van der Waals surface area contributed by atoms with E-state index in [1.807, 2.05) is 48.5 Å². The summed E-state index contributed by atoms with van der Waals surface area (Å²) in [6.45, 7) is 0. The summed E-state index contributed by atoms with van der Waals surface area (Å²) >= 11 is 3.36. The summed E-state index contributed by atoms with van der Waals surface area (Å²) in [5.41, 5.74) is 8.31. The van der Waals surface area contributed by atoms with Gasteiger partial charge >= 0.3 is 0 Å². The number of anilines is 2. The first kappa shape index (κ1) is 13.6. The summed E-state index contributed by atoms with van der Waals surface area (Å²) in [5.74, 6) is 0.00440. The van der Waals surface area contributed by atoms with E-state index >= 15 is 0 Å². The highest BCUT2D eigenvalue weighted by atomic mass is 79.9. The molecule has 0 aliphatic heterocycles. The second-order valence-corrected chi connectivity index (χ2v) is 5.22. The fourth-order valence-electron chi connectivity index (χ4n) is 1.76. The Bertz CT molecular complexity index is 567. The molecule has 0 saturated heterocycles. The third-order valence-corrected chi connectivity index (χ3v) is 3.25. The van der Waals surface area contributed by atoms with Gasteiger partial charge in [-0.15, -0.1) is 0 Å². The Labute approximate surface area is 121 Å². The molecule has 0 bridgehead atoms. The number of amides is 1. The van der Waals surface area contributed by atoms with Gasteiger partial charge in [0.15, 0.2) is 0 Å². The first-order valence-corrected chi connectivity index (χ1v) is 6.82. The Morgan fingerprint density at radius 2 is 1.89 bits per heavy atom. The number of nitrogens with one attached hydrogen (secondary N) is 1. The molecule has 0 spiro atoms. The van der Waals surface area contributed by atoms with Crippen LogP contribution in [-0.4, -0.2) is 5.91 Å². The smallest absolute Gasteiger partial charge is 0.224 e. The van der Waals surface area contributed by atoms with Crippen LogP contribution in [0.15, 0.2) is 53.0 Å². The largest absolute Gasteiger partial charge is 0.399 e. The molecule has 98 valence electrons. The van der Waals surface area contributed by atoms with Crippen molar-refractivity contribution >= 4 is 33.2 Å². The Kier molecular flexibility index (Phi) is 4.58. The number of hydrogen-bond acceptors (Lipinski definition) is 2. The molecular formula is C15H15BrN2O. The number of carbonyl (C=O) groups is 1. The lowest BCUT2D eigenvalue weighted by Gasteiger charge is -2.06. The van der Waals surface area contributed by atoms with Crippen LogP contribution in [0.2, 0.25) is 0 Å². The van der Waals surface area contributed by atoms with Crippen molar-refractivity contribution in [2.24, 2.45) is 0 Å². The van der Waals surface area contributed by atoms with Crippen molar-refractivity contribution in [3.05, 3.63) is 58.6 Å². The number of nitrogens with two attached hydrogens (primary N) is 1. The molecule has 0 fully saturated rings. The summed E-state index contributed by atoms with van der Waals surface area (Å²) < 4.78 is 0.991. The Morgan fingerprint density at radius 1 is 1.16 bits per heavy atom. The molecule has 2 rings (SSSR count). The van der Waals surface area contributed by atoms with Gasteiger partial charge in [-0.2, -0.15) is 0 Å². The molecular weight excluding hydrogens is 304 g/mol. The van der Waals surface area contributed by atoms with E-state index in [-0.39, 0.29) is 5.91 Å². The van der Waals surface area contributed by atoms with Crippen molar-refractivity contribution in [1.82, 2.24) is 0 Å². The van der Waals surface area contributed by atoms with Crippen LogP contribution in [0.4, 0.5) is 11.4 Å². The molecule has 1 amide bonds. The molecule has 2 aromatic carbocycles. The van der Waals surface area contributed by atoms with Crippen LogP contribution in [-0.2, 0) is 11.2 Å². The molecule has 0 radical (unpaired) electrons. The second-order valence-electron chi connectivity index (χ2n) is 4.30. The van der Waals surface area contributed by atoms with Gasteiger partial charge < -0.3 is 11.1 Å². The molecule has 0 heterocycles. The average Bonchev–Trinajstić information content (AvgIpc) is 2.39. The number of rotatable bonds is 4. The highest BCUT2D eigenvalue weighted by Crippen LogP contribution is 2.15. The Hall–Kier alpha value is -1.81. The average molecular weight is 319 g/mol. The summed E-state index contributed by atoms with van der Waals surface area (Å²) in [6.07, 6.45) is 1.13. The van der Waals surface area contributed by atoms with Crippen molar-refractivity contribution in [3.8, 4) is 0 Å². The number of benzene rings is 2. The van der Waals surface area contributed by atoms with E-state index in [0.29, 0.717) is 12.8 Å². The minimum absolute atomic E-state index is 0.00440. The van der Waals surface area contributed by atoms with Crippen LogP contribution in [0, 0.1) is 0 Å². The molecule has 0 unspecified atom stereocenters. The van der Waals surface area contributed by atoms with Gasteiger partial charge in [-0.25, -0.2) is 0 Å². The van der Waals surface area contributed by atoms with Crippen LogP contribution in [0.1, 0.15) is 12.0 Å². The lowest BCUT2D eigenvalue weighted by atomic mass is 10.1. The zero-order chi connectivity index (χ0) is 13.7. The first-order chi connectivity index (χ1) is 9.13. The van der Waals surface area contributed by atoms with Crippen molar-refractivity contribution in [2.75, 3.05) is 11.1 Å². The van der Waals surface area contributed by atoms with E-state index in [1.54, 1.807) is 0 Å². The molecule has 4 heteroatoms. The predicted octanol–water partition coefficient (Wildman–Crippen LogP) is 3.60. The van der Waals surface area contributed by atoms with Crippen LogP contribution in [0.5, 0.6) is 0 Å². The van der Waals surface area contributed by atoms with Gasteiger partial charge in [-0.1, -0.05) is 28.1 Å². The minimum atomic E-state index is 0.00440. The minimum Gasteiger partial charge on any atom is -0.399 e. The number of halogens is 1. The van der Waals surface area contributed by atoms with Gasteiger partial charge in [0.25, 0.3) is 0 Å². The summed E-state index contributed by atoms with van der Waals surface area (Å²) in [5, 5.41) is 2.86. The fourth-order valence-corrected chi connectivity index (χ4v) is 2.03. The van der Waals surface area contributed by atoms with Crippen molar-refractivity contribution in [2.45, 2.75) is 12.8 Å². The van der Waals surface area contributed by atoms with E-state index in [2.05, 4.69) is 21.2 Å². The zero-order valence-electron chi connectivity index (χ0n) is 10.4. The molecule has 0 atom stereocenters. The van der Waals surface area contributed by atoms with Crippen LogP contribution in [0.25, 0.3) is 0 Å². The number of hydrogen-bond donors (Lipinski definition) is 2. The van der Waals surface area contributed by atoms with Gasteiger partial charge in [-0.05, 0) is 48.4 Å². The van der Waals surface area contributed by atoms with Gasteiger partial charge in [0.2, 0.25) is 5.91 Å². The monoisotopic (exact) mass is 318 g/mol. The second kappa shape index (κ2) is 6.38. The van der Waals surface area contributed by atoms with Gasteiger partial charge in [0.05, 0.1) is 0 Å². The lowest BCUT2D eigenvalue weighted by molar-refractivity contribution is -0.116. The molecule has 19 heavy (non-hydrogen) atoms. The third kappa shape index (κ3) is 4.41. The number of carbonyl (C=O) groups excluding carboxylic acids is 1. The predicted molar refractivity (Wildman–Crippen MR) is 81.9 cm³/mol. The molecule has 0 aliphatic carbocycles. The normalized spacial score (nSPS) is 10.2. The fraction of sp³-hybridized carbons (Fsp3) is 0.133. The molecule has 0 aliphatic rings. The van der Waals surface area contributed by atoms with Crippen molar-refractivity contribution < 1.29 is 4.79 Å². The Balaban J connectivity index is 1.86. The highest BCUT2D eigenvalue weighted by Gasteiger charge is 2.03. The molecule has 3 nitrogen and oxygen atoms in total. The molecule has 0 saturated carbocycles. The van der Waals surface area contributed by atoms with E-state index in [4.69, 9.17) is 5.73 Å². The van der Waals surface area contributed by atoms with Crippen LogP contribution < -0.4 is 11.1 Å². The standard InChI is InChI=1S/C15H15BrN2O/c16-12-5-7-14(8-6-12)18-15(19)9-4-11-2-1-3-13(17)10-11/h1-3,5-8,10H,4,9,17H2,(H,18,19). The maximum atomic E-state index is 11.8. The first-order valence-electron chi connectivity index (χ1n) is 6.03. The lowest BCUT2D eigenvalue weighted by Crippen LogP contribution is -2.12. The van der Waals surface area contributed by atoms with E-state index in [9.17, 15) is 4.79 Å². The quantitative estimate of drug-likeness (QED) is 0.846. The number of aryl methyl sites for hydroxylation is 1. The Morgan fingerprint density at radius 3 is 2.58 bits per heavy atom. The molecule has 3 N–H and O–H groups in total. The highest BCUT2D eigenvalue weighted by molar-refractivity contribution is 9.10. The van der Waals surface area contributed by atoms with Gasteiger partial charge in [0, 0.05) is 22.3 Å². The molecule has 0 aromatic heterocycles. The van der Waals surface area contributed by atoms with E-state index in [0.717, 1.165) is 21.4 Å². The van der Waals surface area contributed by atoms with E-state index < -0.39 is 0 Å². The van der Waals surface area contributed by atoms with Gasteiger partial charge in [0.1, 0.15) is 0 Å². The molecule has 2 aromatic rings. The summed E-state index contributed by atoms with van der Waals surface area (Å²) in [7, 11) is 0. The van der Waals surface area contributed by atoms with Crippen molar-refractivity contribution in [1.29, 1.82) is 0 Å². The maximum Gasteiger partial charge on any atom is 0.224 e. The number of nitrogen functional groups attached to an aromatic ring is 1. The summed E-state index contributed by atoms with van der Waals surface area (Å²) in [6, 6.07) is 15.1.